The average molecular weight is 277 g/mol. The van der Waals surface area contributed by atoms with Gasteiger partial charge in [-0.1, -0.05) is 12.8 Å². The fraction of sp³-hybridized carbons (Fsp3) is 0.462. The van der Waals surface area contributed by atoms with Crippen molar-refractivity contribution in [3.05, 3.63) is 27.1 Å². The third-order valence-corrected chi connectivity index (χ3v) is 4.83. The van der Waals surface area contributed by atoms with Crippen LogP contribution in [0.2, 0.25) is 0 Å². The number of H-pyrrole nitrogens is 1. The maximum atomic E-state index is 12.3. The van der Waals surface area contributed by atoms with Crippen LogP contribution in [0.15, 0.2) is 11.1 Å². The van der Waals surface area contributed by atoms with Gasteiger partial charge in [-0.15, -0.1) is 11.3 Å². The van der Waals surface area contributed by atoms with Crippen molar-refractivity contribution in [2.24, 2.45) is 0 Å². The summed E-state index contributed by atoms with van der Waals surface area (Å²) in [5.74, 6) is -0.0770. The smallest absolute Gasteiger partial charge is 0.261 e. The van der Waals surface area contributed by atoms with E-state index in [4.69, 9.17) is 0 Å². The molecule has 0 aliphatic heterocycles. The minimum absolute atomic E-state index is 0.0770. The topological polar surface area (TPSA) is 74.8 Å². The van der Waals surface area contributed by atoms with Crippen molar-refractivity contribution in [2.75, 3.05) is 0 Å². The molecular weight excluding hydrogens is 262 g/mol. The van der Waals surface area contributed by atoms with Crippen molar-refractivity contribution in [3.8, 4) is 0 Å². The van der Waals surface area contributed by atoms with Crippen molar-refractivity contribution in [2.45, 2.75) is 38.6 Å². The van der Waals surface area contributed by atoms with Crippen LogP contribution in [0.1, 0.15) is 40.9 Å². The molecule has 0 bridgehead atoms. The second-order valence-electron chi connectivity index (χ2n) is 4.92. The minimum Gasteiger partial charge on any atom is -0.349 e. The van der Waals surface area contributed by atoms with Gasteiger partial charge in [0.05, 0.1) is 16.6 Å². The molecule has 2 heterocycles. The average Bonchev–Trinajstić information content (AvgIpc) is 2.98. The highest BCUT2D eigenvalue weighted by Crippen LogP contribution is 2.27. The van der Waals surface area contributed by atoms with E-state index in [0.717, 1.165) is 18.4 Å². The molecule has 0 atom stereocenters. The molecule has 0 saturated heterocycles. The molecule has 2 aromatic rings. The van der Waals surface area contributed by atoms with E-state index < -0.39 is 0 Å². The number of aromatic amines is 1. The van der Waals surface area contributed by atoms with Gasteiger partial charge in [-0.05, 0) is 25.3 Å². The third kappa shape index (κ3) is 2.16. The second-order valence-corrected chi connectivity index (χ2v) is 5.92. The first kappa shape index (κ1) is 12.3. The zero-order valence-electron chi connectivity index (χ0n) is 10.7. The Bertz CT molecular complexity index is 683. The molecule has 19 heavy (non-hydrogen) atoms. The van der Waals surface area contributed by atoms with E-state index in [9.17, 15) is 9.59 Å². The molecule has 6 heteroatoms. The van der Waals surface area contributed by atoms with Crippen LogP contribution in [0, 0.1) is 6.92 Å². The van der Waals surface area contributed by atoms with Gasteiger partial charge in [-0.3, -0.25) is 9.59 Å². The van der Waals surface area contributed by atoms with Crippen LogP contribution in [0.3, 0.4) is 0 Å². The van der Waals surface area contributed by atoms with Gasteiger partial charge in [0.1, 0.15) is 4.83 Å². The fourth-order valence-electron chi connectivity index (χ4n) is 2.62. The van der Waals surface area contributed by atoms with Gasteiger partial charge in [-0.25, -0.2) is 4.98 Å². The predicted molar refractivity (Wildman–Crippen MR) is 74.7 cm³/mol. The summed E-state index contributed by atoms with van der Waals surface area (Å²) in [6.45, 7) is 1.80. The molecule has 0 unspecified atom stereocenters. The number of fused-ring (bicyclic) bond motifs is 1. The van der Waals surface area contributed by atoms with Gasteiger partial charge in [0.2, 0.25) is 0 Å². The van der Waals surface area contributed by atoms with E-state index >= 15 is 0 Å². The summed E-state index contributed by atoms with van der Waals surface area (Å²) in [4.78, 5) is 31.9. The molecule has 5 nitrogen and oxygen atoms in total. The molecule has 1 fully saturated rings. The minimum atomic E-state index is -0.182. The lowest BCUT2D eigenvalue weighted by Crippen LogP contribution is -2.32. The zero-order valence-corrected chi connectivity index (χ0v) is 11.5. The van der Waals surface area contributed by atoms with Crippen molar-refractivity contribution in [3.63, 3.8) is 0 Å². The number of hydrogen-bond acceptors (Lipinski definition) is 4. The quantitative estimate of drug-likeness (QED) is 0.881. The molecule has 0 spiro atoms. The summed E-state index contributed by atoms with van der Waals surface area (Å²) in [7, 11) is 0. The molecule has 1 saturated carbocycles. The number of aromatic nitrogens is 2. The van der Waals surface area contributed by atoms with E-state index in [1.807, 2.05) is 0 Å². The van der Waals surface area contributed by atoms with Gasteiger partial charge >= 0.3 is 0 Å². The summed E-state index contributed by atoms with van der Waals surface area (Å²) in [5, 5.41) is 3.58. The Morgan fingerprint density at radius 1 is 1.47 bits per heavy atom. The van der Waals surface area contributed by atoms with Crippen molar-refractivity contribution in [1.29, 1.82) is 0 Å². The van der Waals surface area contributed by atoms with Crippen molar-refractivity contribution in [1.82, 2.24) is 15.3 Å². The highest BCUT2D eigenvalue weighted by molar-refractivity contribution is 7.20. The summed E-state index contributed by atoms with van der Waals surface area (Å²) >= 11 is 1.29. The number of thiophene rings is 1. The molecule has 2 aromatic heterocycles. The molecule has 0 radical (unpaired) electrons. The lowest BCUT2D eigenvalue weighted by Gasteiger charge is -2.10. The largest absolute Gasteiger partial charge is 0.349 e. The van der Waals surface area contributed by atoms with Crippen LogP contribution in [-0.4, -0.2) is 21.9 Å². The van der Waals surface area contributed by atoms with Crippen molar-refractivity contribution < 1.29 is 4.79 Å². The zero-order chi connectivity index (χ0) is 13.4. The highest BCUT2D eigenvalue weighted by Gasteiger charge is 2.22. The number of nitrogens with one attached hydrogen (secondary N) is 2. The number of aryl methyl sites for hydroxylation is 1. The van der Waals surface area contributed by atoms with E-state index in [1.165, 1.54) is 30.5 Å². The first-order valence-corrected chi connectivity index (χ1v) is 7.26. The molecule has 1 aliphatic carbocycles. The molecule has 1 amide bonds. The molecular formula is C13H15N3O2S. The molecule has 100 valence electrons. The Labute approximate surface area is 114 Å². The Hall–Kier alpha value is -1.69. The first-order valence-electron chi connectivity index (χ1n) is 6.44. The van der Waals surface area contributed by atoms with Crippen LogP contribution >= 0.6 is 11.3 Å². The Morgan fingerprint density at radius 2 is 2.21 bits per heavy atom. The van der Waals surface area contributed by atoms with Crippen molar-refractivity contribution >= 4 is 27.5 Å². The summed E-state index contributed by atoms with van der Waals surface area (Å²) < 4.78 is 0. The number of carbonyl (C=O) groups is 1. The molecule has 0 aromatic carbocycles. The fourth-order valence-corrected chi connectivity index (χ4v) is 3.67. The van der Waals surface area contributed by atoms with Gasteiger partial charge in [0.15, 0.2) is 0 Å². The van der Waals surface area contributed by atoms with Gasteiger partial charge in [-0.2, -0.15) is 0 Å². The van der Waals surface area contributed by atoms with Crippen LogP contribution in [-0.2, 0) is 0 Å². The standard InChI is InChI=1S/C13H15N3O2S/c1-7-9-11(17)14-6-15-13(9)19-10(7)12(18)16-8-4-2-3-5-8/h6,8H,2-5H2,1H3,(H,16,18)(H,14,15,17). The van der Waals surface area contributed by atoms with Gasteiger partial charge in [0, 0.05) is 6.04 Å². The number of amides is 1. The first-order chi connectivity index (χ1) is 9.16. The van der Waals surface area contributed by atoms with Gasteiger partial charge in [0.25, 0.3) is 11.5 Å². The summed E-state index contributed by atoms with van der Waals surface area (Å²) in [5.41, 5.74) is 0.545. The molecule has 3 rings (SSSR count). The second kappa shape index (κ2) is 4.77. The molecule has 1 aliphatic rings. The Kier molecular flexibility index (Phi) is 3.10. The maximum Gasteiger partial charge on any atom is 0.261 e. The van der Waals surface area contributed by atoms with E-state index in [1.54, 1.807) is 6.92 Å². The maximum absolute atomic E-state index is 12.3. The highest BCUT2D eigenvalue weighted by atomic mass is 32.1. The summed E-state index contributed by atoms with van der Waals surface area (Å²) in [6, 6.07) is 0.281. The van der Waals surface area contributed by atoms with E-state index in [0.29, 0.717) is 15.1 Å². The van der Waals surface area contributed by atoms with Gasteiger partial charge < -0.3 is 10.3 Å². The molecule has 2 N–H and O–H groups in total. The normalized spacial score (nSPS) is 16.1. The predicted octanol–water partition coefficient (Wildman–Crippen LogP) is 1.97. The van der Waals surface area contributed by atoms with Crippen LogP contribution < -0.4 is 10.9 Å². The third-order valence-electron chi connectivity index (χ3n) is 3.63. The SMILES string of the molecule is Cc1c(C(=O)NC2CCCC2)sc2nc[nH]c(=O)c12. The number of rotatable bonds is 2. The number of carbonyl (C=O) groups excluding carboxylic acids is 1. The lowest BCUT2D eigenvalue weighted by molar-refractivity contribution is 0.0941. The van der Waals surface area contributed by atoms with Crippen LogP contribution in [0.4, 0.5) is 0 Å². The van der Waals surface area contributed by atoms with Crippen LogP contribution in [0.5, 0.6) is 0 Å². The lowest BCUT2D eigenvalue weighted by atomic mass is 10.2. The monoisotopic (exact) mass is 277 g/mol. The van der Waals surface area contributed by atoms with E-state index in [2.05, 4.69) is 15.3 Å². The summed E-state index contributed by atoms with van der Waals surface area (Å²) in [6.07, 6.45) is 5.83. The Morgan fingerprint density at radius 3 is 2.89 bits per heavy atom. The number of nitrogens with zero attached hydrogens (tertiary/aromatic N) is 1. The van der Waals surface area contributed by atoms with E-state index in [-0.39, 0.29) is 17.5 Å². The van der Waals surface area contributed by atoms with Crippen LogP contribution in [0.25, 0.3) is 10.2 Å². The Balaban J connectivity index is 1.96. The number of hydrogen-bond donors (Lipinski definition) is 2.